The number of benzene rings is 1. The summed E-state index contributed by atoms with van der Waals surface area (Å²) in [6.07, 6.45) is 1.08. The van der Waals surface area contributed by atoms with E-state index in [2.05, 4.69) is 45.4 Å². The minimum Gasteiger partial charge on any atom is -0.337 e. The molecule has 1 heterocycles. The highest BCUT2D eigenvalue weighted by Gasteiger charge is 2.20. The van der Waals surface area contributed by atoms with Crippen molar-refractivity contribution in [2.75, 3.05) is 59.9 Å². The van der Waals surface area contributed by atoms with Gasteiger partial charge in [-0.3, -0.25) is 4.90 Å². The topological polar surface area (TPSA) is 38.8 Å². The maximum atomic E-state index is 12.0. The molecule has 1 aromatic carbocycles. The molecule has 1 aliphatic heterocycles. The fraction of sp³-hybridized carbons (Fsp3) is 0.588. The largest absolute Gasteiger partial charge is 0.337 e. The van der Waals surface area contributed by atoms with E-state index in [-0.39, 0.29) is 6.03 Å². The van der Waals surface area contributed by atoms with Crippen LogP contribution in [0.3, 0.4) is 0 Å². The van der Waals surface area contributed by atoms with Crippen molar-refractivity contribution in [2.45, 2.75) is 6.42 Å². The number of amides is 2. The number of piperazine rings is 1. The van der Waals surface area contributed by atoms with E-state index < -0.39 is 0 Å². The van der Waals surface area contributed by atoms with E-state index in [9.17, 15) is 4.79 Å². The minimum absolute atomic E-state index is 0.0737. The van der Waals surface area contributed by atoms with Crippen molar-refractivity contribution < 1.29 is 4.79 Å². The number of carbonyl (C=O) groups excluding carboxylic acids is 1. The fourth-order valence-electron chi connectivity index (χ4n) is 2.60. The van der Waals surface area contributed by atoms with Gasteiger partial charge in [0.05, 0.1) is 0 Å². The van der Waals surface area contributed by atoms with Crippen molar-refractivity contribution in [3.05, 3.63) is 35.9 Å². The van der Waals surface area contributed by atoms with Gasteiger partial charge >= 0.3 is 6.03 Å². The Morgan fingerprint density at radius 2 is 1.82 bits per heavy atom. The molecule has 122 valence electrons. The summed E-state index contributed by atoms with van der Waals surface area (Å²) in [4.78, 5) is 18.5. The molecule has 1 aromatic rings. The van der Waals surface area contributed by atoms with Crippen LogP contribution in [0.1, 0.15) is 5.56 Å². The Kier molecular flexibility index (Phi) is 6.68. The van der Waals surface area contributed by atoms with E-state index in [1.807, 2.05) is 19.0 Å². The average molecular weight is 304 g/mol. The molecule has 0 bridgehead atoms. The Balaban J connectivity index is 1.64. The van der Waals surface area contributed by atoms with Gasteiger partial charge in [0.1, 0.15) is 0 Å². The third kappa shape index (κ3) is 5.66. The van der Waals surface area contributed by atoms with Crippen molar-refractivity contribution in [2.24, 2.45) is 0 Å². The van der Waals surface area contributed by atoms with Gasteiger partial charge in [-0.2, -0.15) is 0 Å². The lowest BCUT2D eigenvalue weighted by Gasteiger charge is -2.34. The fourth-order valence-corrected chi connectivity index (χ4v) is 2.60. The molecule has 1 aliphatic rings. The molecule has 5 nitrogen and oxygen atoms in total. The van der Waals surface area contributed by atoms with E-state index in [0.717, 1.165) is 45.7 Å². The molecule has 1 fully saturated rings. The molecule has 0 atom stereocenters. The van der Waals surface area contributed by atoms with E-state index in [0.29, 0.717) is 6.54 Å². The number of rotatable bonds is 6. The second-order valence-electron chi connectivity index (χ2n) is 6.10. The summed E-state index contributed by atoms with van der Waals surface area (Å²) < 4.78 is 0. The van der Waals surface area contributed by atoms with Gasteiger partial charge in [0.2, 0.25) is 0 Å². The first-order chi connectivity index (χ1) is 10.6. The zero-order valence-corrected chi connectivity index (χ0v) is 13.8. The molecule has 0 aliphatic carbocycles. The van der Waals surface area contributed by atoms with Gasteiger partial charge < -0.3 is 15.1 Å². The second-order valence-corrected chi connectivity index (χ2v) is 6.10. The number of urea groups is 1. The van der Waals surface area contributed by atoms with E-state index >= 15 is 0 Å². The second kappa shape index (κ2) is 8.76. The van der Waals surface area contributed by atoms with Gasteiger partial charge in [0, 0.05) is 45.8 Å². The summed E-state index contributed by atoms with van der Waals surface area (Å²) in [7, 11) is 4.02. The number of carbonyl (C=O) groups is 1. The molecule has 0 aromatic heterocycles. The lowest BCUT2D eigenvalue weighted by atomic mass is 10.1. The average Bonchev–Trinajstić information content (AvgIpc) is 2.54. The predicted molar refractivity (Wildman–Crippen MR) is 90.1 cm³/mol. The first-order valence-corrected chi connectivity index (χ1v) is 8.09. The Hall–Kier alpha value is -1.59. The summed E-state index contributed by atoms with van der Waals surface area (Å²) in [5.41, 5.74) is 1.38. The molecule has 1 saturated heterocycles. The highest BCUT2D eigenvalue weighted by molar-refractivity contribution is 5.74. The third-order valence-electron chi connectivity index (χ3n) is 4.05. The Morgan fingerprint density at radius 3 is 2.45 bits per heavy atom. The number of hydrogen-bond donors (Lipinski definition) is 1. The van der Waals surface area contributed by atoms with Gasteiger partial charge in [-0.1, -0.05) is 30.3 Å². The quantitative estimate of drug-likeness (QED) is 0.856. The SMILES string of the molecule is CN(C)CCNC(=O)N1CCN(CCc2ccccc2)CC1. The lowest BCUT2D eigenvalue weighted by Crippen LogP contribution is -2.52. The Bertz CT molecular complexity index is 441. The first-order valence-electron chi connectivity index (χ1n) is 8.09. The van der Waals surface area contributed by atoms with E-state index in [1.165, 1.54) is 5.56 Å². The monoisotopic (exact) mass is 304 g/mol. The molecule has 2 rings (SSSR count). The van der Waals surface area contributed by atoms with Crippen LogP contribution in [0.15, 0.2) is 30.3 Å². The summed E-state index contributed by atoms with van der Waals surface area (Å²) in [6.45, 7) is 6.23. The van der Waals surface area contributed by atoms with Crippen molar-refractivity contribution in [3.63, 3.8) is 0 Å². The molecule has 22 heavy (non-hydrogen) atoms. The summed E-state index contributed by atoms with van der Waals surface area (Å²) in [6, 6.07) is 10.7. The molecule has 0 saturated carbocycles. The van der Waals surface area contributed by atoms with Crippen LogP contribution in [-0.4, -0.2) is 80.6 Å². The minimum atomic E-state index is 0.0737. The third-order valence-corrected chi connectivity index (χ3v) is 4.05. The molecular weight excluding hydrogens is 276 g/mol. The number of hydrogen-bond acceptors (Lipinski definition) is 3. The first kappa shape index (κ1) is 16.8. The van der Waals surface area contributed by atoms with Gasteiger partial charge in [-0.05, 0) is 26.1 Å². The highest BCUT2D eigenvalue weighted by Crippen LogP contribution is 2.05. The Morgan fingerprint density at radius 1 is 1.14 bits per heavy atom. The normalized spacial score (nSPS) is 16.0. The van der Waals surface area contributed by atoms with Crippen LogP contribution >= 0.6 is 0 Å². The van der Waals surface area contributed by atoms with Crippen molar-refractivity contribution in [1.82, 2.24) is 20.0 Å². The Labute approximate surface area is 133 Å². The number of nitrogens with zero attached hydrogens (tertiary/aromatic N) is 3. The van der Waals surface area contributed by atoms with Crippen LogP contribution < -0.4 is 5.32 Å². The zero-order valence-electron chi connectivity index (χ0n) is 13.8. The maximum absolute atomic E-state index is 12.0. The highest BCUT2D eigenvalue weighted by atomic mass is 16.2. The maximum Gasteiger partial charge on any atom is 0.317 e. The molecule has 0 radical (unpaired) electrons. The lowest BCUT2D eigenvalue weighted by molar-refractivity contribution is 0.139. The van der Waals surface area contributed by atoms with Crippen LogP contribution in [0.2, 0.25) is 0 Å². The molecular formula is C17H28N4O. The molecule has 0 spiro atoms. The number of likely N-dealkylation sites (N-methyl/N-ethyl adjacent to an activating group) is 1. The summed E-state index contributed by atoms with van der Waals surface area (Å²) >= 11 is 0. The van der Waals surface area contributed by atoms with Crippen LogP contribution in [0.5, 0.6) is 0 Å². The molecule has 5 heteroatoms. The standard InChI is InChI=1S/C17H28N4O/c1-19(2)11-9-18-17(22)21-14-12-20(13-15-21)10-8-16-6-4-3-5-7-16/h3-7H,8-15H2,1-2H3,(H,18,22). The molecule has 0 unspecified atom stereocenters. The van der Waals surface area contributed by atoms with Crippen molar-refractivity contribution >= 4 is 6.03 Å². The van der Waals surface area contributed by atoms with Crippen LogP contribution in [-0.2, 0) is 6.42 Å². The molecule has 2 amide bonds. The van der Waals surface area contributed by atoms with E-state index in [1.54, 1.807) is 0 Å². The van der Waals surface area contributed by atoms with Gasteiger partial charge in [-0.25, -0.2) is 4.79 Å². The van der Waals surface area contributed by atoms with Gasteiger partial charge in [-0.15, -0.1) is 0 Å². The van der Waals surface area contributed by atoms with Crippen LogP contribution in [0.4, 0.5) is 4.79 Å². The molecule has 1 N–H and O–H groups in total. The van der Waals surface area contributed by atoms with Crippen molar-refractivity contribution in [3.8, 4) is 0 Å². The van der Waals surface area contributed by atoms with Gasteiger partial charge in [0.25, 0.3) is 0 Å². The smallest absolute Gasteiger partial charge is 0.317 e. The summed E-state index contributed by atoms with van der Waals surface area (Å²) in [5, 5.41) is 2.98. The number of nitrogens with one attached hydrogen (secondary N) is 1. The van der Waals surface area contributed by atoms with Gasteiger partial charge in [0.15, 0.2) is 0 Å². The summed E-state index contributed by atoms with van der Waals surface area (Å²) in [5.74, 6) is 0. The van der Waals surface area contributed by atoms with Crippen LogP contribution in [0, 0.1) is 0 Å². The predicted octanol–water partition coefficient (Wildman–Crippen LogP) is 1.12. The van der Waals surface area contributed by atoms with Crippen molar-refractivity contribution in [1.29, 1.82) is 0 Å². The zero-order chi connectivity index (χ0) is 15.8. The van der Waals surface area contributed by atoms with Crippen LogP contribution in [0.25, 0.3) is 0 Å². The van der Waals surface area contributed by atoms with E-state index in [4.69, 9.17) is 0 Å².